The number of thiophene rings is 1. The molecule has 2 aliphatic heterocycles. The van der Waals surface area contributed by atoms with E-state index in [1.165, 1.54) is 25.9 Å². The predicted molar refractivity (Wildman–Crippen MR) is 194 cm³/mol. The van der Waals surface area contributed by atoms with E-state index in [0.717, 1.165) is 76.4 Å². The number of piperazine rings is 1. The second-order valence-electron chi connectivity index (χ2n) is 12.7. The summed E-state index contributed by atoms with van der Waals surface area (Å²) >= 11 is 1.67. The van der Waals surface area contributed by atoms with Crippen molar-refractivity contribution in [3.05, 3.63) is 77.4 Å². The van der Waals surface area contributed by atoms with Gasteiger partial charge in [0.25, 0.3) is 5.91 Å². The zero-order chi connectivity index (χ0) is 32.5. The number of methoxy groups -OCH3 is 1. The lowest BCUT2D eigenvalue weighted by molar-refractivity contribution is 0.0691. The van der Waals surface area contributed by atoms with Crippen molar-refractivity contribution in [3.63, 3.8) is 0 Å². The van der Waals surface area contributed by atoms with Crippen LogP contribution in [0, 0.1) is 0 Å². The summed E-state index contributed by atoms with van der Waals surface area (Å²) in [6, 6.07) is 16.4. The summed E-state index contributed by atoms with van der Waals surface area (Å²) < 4.78 is 8.76. The molecular weight excluding hydrogens is 607 g/mol. The van der Waals surface area contributed by atoms with Gasteiger partial charge in [-0.25, -0.2) is 4.98 Å². The number of amides is 1. The van der Waals surface area contributed by atoms with Crippen molar-refractivity contribution in [2.24, 2.45) is 7.05 Å². The van der Waals surface area contributed by atoms with Crippen molar-refractivity contribution < 1.29 is 9.53 Å². The number of nitrogens with zero attached hydrogens (tertiary/aromatic N) is 5. The molecule has 0 spiro atoms. The Balaban J connectivity index is 1.05. The smallest absolute Gasteiger partial charge is 0.272 e. The van der Waals surface area contributed by atoms with E-state index >= 15 is 0 Å². The van der Waals surface area contributed by atoms with Crippen LogP contribution in [0.1, 0.15) is 28.9 Å². The number of fused-ring (bicyclic) bond motifs is 2. The summed E-state index contributed by atoms with van der Waals surface area (Å²) in [5.41, 5.74) is 11.7. The van der Waals surface area contributed by atoms with Gasteiger partial charge < -0.3 is 25.3 Å². The lowest BCUT2D eigenvalue weighted by Gasteiger charge is -2.42. The fourth-order valence-corrected chi connectivity index (χ4v) is 8.15. The van der Waals surface area contributed by atoms with Gasteiger partial charge in [0, 0.05) is 84.1 Å². The number of anilines is 2. The molecule has 0 radical (unpaired) electrons. The number of benzene rings is 2. The molecule has 10 heteroatoms. The van der Waals surface area contributed by atoms with Gasteiger partial charge in [-0.1, -0.05) is 36.4 Å². The van der Waals surface area contributed by atoms with Crippen molar-refractivity contribution in [3.8, 4) is 16.9 Å². The van der Waals surface area contributed by atoms with Crippen LogP contribution in [0.25, 0.3) is 38.2 Å². The molecule has 47 heavy (non-hydrogen) atoms. The van der Waals surface area contributed by atoms with Crippen LogP contribution >= 0.6 is 11.3 Å². The molecule has 3 aromatic heterocycles. The molecule has 0 atom stereocenters. The molecule has 0 bridgehead atoms. The van der Waals surface area contributed by atoms with Crippen molar-refractivity contribution in [2.75, 3.05) is 71.0 Å². The van der Waals surface area contributed by atoms with E-state index in [0.29, 0.717) is 22.9 Å². The van der Waals surface area contributed by atoms with E-state index in [1.807, 2.05) is 66.3 Å². The molecule has 0 saturated carbocycles. The molecular formula is C37H43N7O2S. The predicted octanol–water partition coefficient (Wildman–Crippen LogP) is 6.02. The molecule has 2 fully saturated rings. The zero-order valence-corrected chi connectivity index (χ0v) is 28.2. The summed E-state index contributed by atoms with van der Waals surface area (Å²) in [7, 11) is 5.75. The highest BCUT2D eigenvalue weighted by Crippen LogP contribution is 2.41. The molecule has 0 aliphatic carbocycles. The number of piperidine rings is 1. The summed E-state index contributed by atoms with van der Waals surface area (Å²) in [5, 5.41) is 7.14. The largest absolute Gasteiger partial charge is 0.495 e. The van der Waals surface area contributed by atoms with Gasteiger partial charge in [-0.2, -0.15) is 0 Å². The minimum Gasteiger partial charge on any atom is -0.495 e. The molecule has 0 unspecified atom stereocenters. The van der Waals surface area contributed by atoms with Crippen LogP contribution in [0.5, 0.6) is 5.75 Å². The van der Waals surface area contributed by atoms with Crippen LogP contribution in [0.3, 0.4) is 0 Å². The first-order valence-electron chi connectivity index (χ1n) is 16.4. The van der Waals surface area contributed by atoms with Gasteiger partial charge in [-0.3, -0.25) is 14.6 Å². The van der Waals surface area contributed by atoms with E-state index in [1.54, 1.807) is 18.4 Å². The van der Waals surface area contributed by atoms with Crippen LogP contribution in [0.15, 0.2) is 66.2 Å². The number of para-hydroxylation sites is 1. The van der Waals surface area contributed by atoms with Crippen LogP contribution < -0.4 is 15.8 Å². The standard InChI is InChI=1S/C37H43N7O2S/c1-41-15-12-28(13-16-41)44-19-17-43(18-20-44)14-6-8-27-23-39-36(38)34-29(24-47-35(27)34)25-10-11-30(33(22-25)46-3)40-37(45)32-21-26-7-4-5-9-31(26)42(32)2/h4-11,21-24,28H,12-20H2,1-3H3,(H2,38,39)(H,40,45). The maximum atomic E-state index is 13.3. The Morgan fingerprint density at radius 1 is 1.06 bits per heavy atom. The number of carbonyl (C=O) groups excluding carboxylic acids is 1. The molecule has 9 nitrogen and oxygen atoms in total. The van der Waals surface area contributed by atoms with Gasteiger partial charge in [0.1, 0.15) is 17.3 Å². The van der Waals surface area contributed by atoms with E-state index in [4.69, 9.17) is 10.5 Å². The summed E-state index contributed by atoms with van der Waals surface area (Å²) in [6.07, 6.45) is 8.90. The molecule has 5 aromatic rings. The van der Waals surface area contributed by atoms with Crippen LogP contribution in [0.2, 0.25) is 0 Å². The van der Waals surface area contributed by atoms with Crippen molar-refractivity contribution in [1.29, 1.82) is 0 Å². The highest BCUT2D eigenvalue weighted by atomic mass is 32.1. The normalized spacial score (nSPS) is 17.3. The molecule has 2 aliphatic rings. The van der Waals surface area contributed by atoms with Crippen LogP contribution in [-0.4, -0.2) is 96.2 Å². The SMILES string of the molecule is COc1cc(-c2csc3c(C=CCN4CCN(C5CCN(C)CC5)CC4)cnc(N)c23)ccc1NC(=O)c1cc2ccccc2n1C. The number of carbonyl (C=O) groups is 1. The lowest BCUT2D eigenvalue weighted by Crippen LogP contribution is -2.52. The van der Waals surface area contributed by atoms with Crippen molar-refractivity contribution >= 4 is 55.8 Å². The minimum atomic E-state index is -0.195. The number of hydrogen-bond acceptors (Lipinski definition) is 8. The first kappa shape index (κ1) is 31.4. The zero-order valence-electron chi connectivity index (χ0n) is 27.4. The molecule has 244 valence electrons. The van der Waals surface area contributed by atoms with E-state index < -0.39 is 0 Å². The number of aromatic nitrogens is 2. The first-order valence-corrected chi connectivity index (χ1v) is 17.3. The molecule has 2 aromatic carbocycles. The number of hydrogen-bond donors (Lipinski definition) is 2. The minimum absolute atomic E-state index is 0.195. The van der Waals surface area contributed by atoms with Crippen LogP contribution in [0.4, 0.5) is 11.5 Å². The monoisotopic (exact) mass is 649 g/mol. The average Bonchev–Trinajstić information content (AvgIpc) is 3.69. The van der Waals surface area contributed by atoms with Gasteiger partial charge in [-0.05, 0) is 68.2 Å². The number of nitrogens with two attached hydrogens (primary N) is 1. The number of rotatable bonds is 8. The second kappa shape index (κ2) is 13.5. The average molecular weight is 650 g/mol. The fourth-order valence-electron chi connectivity index (χ4n) is 7.07. The first-order chi connectivity index (χ1) is 22.9. The van der Waals surface area contributed by atoms with E-state index in [2.05, 4.69) is 49.6 Å². The van der Waals surface area contributed by atoms with Crippen LogP contribution in [-0.2, 0) is 7.05 Å². The van der Waals surface area contributed by atoms with E-state index in [-0.39, 0.29) is 5.91 Å². The Morgan fingerprint density at radius 2 is 1.85 bits per heavy atom. The summed E-state index contributed by atoms with van der Waals surface area (Å²) in [4.78, 5) is 25.6. The van der Waals surface area contributed by atoms with Gasteiger partial charge in [0.05, 0.1) is 12.8 Å². The molecule has 5 heterocycles. The quantitative estimate of drug-likeness (QED) is 0.212. The summed E-state index contributed by atoms with van der Waals surface area (Å²) in [6.45, 7) is 7.87. The van der Waals surface area contributed by atoms with Gasteiger partial charge >= 0.3 is 0 Å². The Labute approximate surface area is 280 Å². The van der Waals surface area contributed by atoms with Crippen molar-refractivity contribution in [2.45, 2.75) is 18.9 Å². The van der Waals surface area contributed by atoms with Gasteiger partial charge in [-0.15, -0.1) is 11.3 Å². The summed E-state index contributed by atoms with van der Waals surface area (Å²) in [5.74, 6) is 0.887. The van der Waals surface area contributed by atoms with Gasteiger partial charge in [0.2, 0.25) is 0 Å². The number of nitrogens with one attached hydrogen (secondary N) is 1. The Morgan fingerprint density at radius 3 is 2.62 bits per heavy atom. The fraction of sp³-hybridized carbons (Fsp3) is 0.351. The number of aryl methyl sites for hydroxylation is 1. The third-order valence-corrected chi connectivity index (χ3v) is 10.9. The highest BCUT2D eigenvalue weighted by molar-refractivity contribution is 7.18. The Bertz CT molecular complexity index is 1930. The number of pyridine rings is 1. The number of ether oxygens (including phenoxy) is 1. The third kappa shape index (κ3) is 6.38. The lowest BCUT2D eigenvalue weighted by atomic mass is 10.0. The number of likely N-dealkylation sites (tertiary alicyclic amines) is 1. The van der Waals surface area contributed by atoms with Crippen molar-refractivity contribution in [1.82, 2.24) is 24.3 Å². The van der Waals surface area contributed by atoms with Gasteiger partial charge in [0.15, 0.2) is 0 Å². The Kier molecular flexibility index (Phi) is 9.00. The second-order valence-corrected chi connectivity index (χ2v) is 13.6. The molecule has 7 rings (SSSR count). The Hall–Kier alpha value is -4.22. The van der Waals surface area contributed by atoms with E-state index in [9.17, 15) is 4.79 Å². The molecule has 3 N–H and O–H groups in total. The topological polar surface area (TPSA) is 91.9 Å². The maximum absolute atomic E-state index is 13.3. The molecule has 1 amide bonds. The highest BCUT2D eigenvalue weighted by Gasteiger charge is 2.26. The maximum Gasteiger partial charge on any atom is 0.272 e. The third-order valence-electron chi connectivity index (χ3n) is 9.87. The molecule has 2 saturated heterocycles. The number of nitrogen functional groups attached to an aromatic ring is 1.